The minimum atomic E-state index is -4.09. The first-order valence-electron chi connectivity index (χ1n) is 7.93. The van der Waals surface area contributed by atoms with Crippen LogP contribution >= 0.6 is 0 Å². The van der Waals surface area contributed by atoms with Crippen LogP contribution in [0.3, 0.4) is 0 Å². The average Bonchev–Trinajstić information content (AvgIpc) is 3.21. The van der Waals surface area contributed by atoms with Gasteiger partial charge >= 0.3 is 6.18 Å². The molecule has 2 rings (SSSR count). The van der Waals surface area contributed by atoms with Crippen molar-refractivity contribution < 1.29 is 18.3 Å². The van der Waals surface area contributed by atoms with Crippen LogP contribution in [-0.2, 0) is 0 Å². The number of piperidine rings is 1. The van der Waals surface area contributed by atoms with Gasteiger partial charge in [0, 0.05) is 24.2 Å². The standard InChI is InChI=1S/C15H27F3N2O/c1-11(8-14(2,10-21)19-13-5-6-13)20-7-3-4-12(9-20)15(16,17)18/h11-13,19,21H,3-10H2,1-2H3. The monoisotopic (exact) mass is 308 g/mol. The van der Waals surface area contributed by atoms with E-state index in [4.69, 9.17) is 0 Å². The molecule has 2 aliphatic rings. The van der Waals surface area contributed by atoms with E-state index in [1.165, 1.54) is 0 Å². The van der Waals surface area contributed by atoms with E-state index in [0.29, 0.717) is 18.9 Å². The summed E-state index contributed by atoms with van der Waals surface area (Å²) in [5.74, 6) is -1.20. The summed E-state index contributed by atoms with van der Waals surface area (Å²) in [7, 11) is 0. The van der Waals surface area contributed by atoms with Crippen LogP contribution in [0.15, 0.2) is 0 Å². The third-order valence-electron chi connectivity index (χ3n) is 4.76. The molecule has 0 spiro atoms. The van der Waals surface area contributed by atoms with Gasteiger partial charge in [-0.25, -0.2) is 0 Å². The van der Waals surface area contributed by atoms with Gasteiger partial charge in [0.05, 0.1) is 12.5 Å². The zero-order chi connectivity index (χ0) is 15.7. The third-order valence-corrected chi connectivity index (χ3v) is 4.76. The minimum absolute atomic E-state index is 0.0182. The summed E-state index contributed by atoms with van der Waals surface area (Å²) in [6, 6.07) is 0.511. The van der Waals surface area contributed by atoms with E-state index < -0.39 is 17.6 Å². The summed E-state index contributed by atoms with van der Waals surface area (Å²) < 4.78 is 38.7. The van der Waals surface area contributed by atoms with E-state index >= 15 is 0 Å². The average molecular weight is 308 g/mol. The Morgan fingerprint density at radius 2 is 1.95 bits per heavy atom. The van der Waals surface area contributed by atoms with Crippen molar-refractivity contribution in [2.24, 2.45) is 5.92 Å². The van der Waals surface area contributed by atoms with E-state index in [0.717, 1.165) is 19.4 Å². The lowest BCUT2D eigenvalue weighted by atomic mass is 9.90. The Morgan fingerprint density at radius 1 is 1.29 bits per heavy atom. The summed E-state index contributed by atoms with van der Waals surface area (Å²) in [4.78, 5) is 1.93. The highest BCUT2D eigenvalue weighted by Gasteiger charge is 2.43. The van der Waals surface area contributed by atoms with Gasteiger partial charge in [0.25, 0.3) is 0 Å². The van der Waals surface area contributed by atoms with Crippen molar-refractivity contribution in [3.8, 4) is 0 Å². The predicted octanol–water partition coefficient (Wildman–Crippen LogP) is 2.54. The van der Waals surface area contributed by atoms with Crippen molar-refractivity contribution in [3.05, 3.63) is 0 Å². The summed E-state index contributed by atoms with van der Waals surface area (Å²) in [6.07, 6.45) is -0.325. The maximum atomic E-state index is 12.9. The zero-order valence-electron chi connectivity index (χ0n) is 12.9. The van der Waals surface area contributed by atoms with Gasteiger partial charge in [-0.1, -0.05) is 0 Å². The van der Waals surface area contributed by atoms with E-state index in [-0.39, 0.29) is 25.6 Å². The van der Waals surface area contributed by atoms with Crippen LogP contribution in [0.2, 0.25) is 0 Å². The van der Waals surface area contributed by atoms with Crippen LogP contribution in [0.25, 0.3) is 0 Å². The lowest BCUT2D eigenvalue weighted by Crippen LogP contribution is -2.53. The highest BCUT2D eigenvalue weighted by Crippen LogP contribution is 2.34. The second-order valence-electron chi connectivity index (χ2n) is 7.07. The van der Waals surface area contributed by atoms with Crippen molar-refractivity contribution in [1.29, 1.82) is 0 Å². The first-order chi connectivity index (χ1) is 9.73. The molecule has 1 saturated carbocycles. The molecule has 1 heterocycles. The third kappa shape index (κ3) is 4.83. The van der Waals surface area contributed by atoms with Gasteiger partial charge in [0.15, 0.2) is 0 Å². The van der Waals surface area contributed by atoms with Gasteiger partial charge < -0.3 is 10.4 Å². The number of halogens is 3. The number of nitrogens with one attached hydrogen (secondary N) is 1. The molecule has 6 heteroatoms. The SMILES string of the molecule is CC(CC(C)(CO)NC1CC1)N1CCCC(C(F)(F)F)C1. The molecule has 3 atom stereocenters. The van der Waals surface area contributed by atoms with Gasteiger partial charge in [0.2, 0.25) is 0 Å². The smallest absolute Gasteiger partial charge is 0.393 e. The normalized spacial score (nSPS) is 29.1. The zero-order valence-corrected chi connectivity index (χ0v) is 12.9. The van der Waals surface area contributed by atoms with E-state index in [1.54, 1.807) is 0 Å². The maximum absolute atomic E-state index is 12.9. The molecule has 0 aromatic heterocycles. The molecule has 2 fully saturated rings. The first kappa shape index (κ1) is 17.0. The molecule has 3 nitrogen and oxygen atoms in total. The molecular weight excluding hydrogens is 281 g/mol. The highest BCUT2D eigenvalue weighted by molar-refractivity contribution is 4.95. The van der Waals surface area contributed by atoms with E-state index in [9.17, 15) is 18.3 Å². The molecule has 3 unspecified atom stereocenters. The molecular formula is C15H27F3N2O. The predicted molar refractivity (Wildman–Crippen MR) is 76.1 cm³/mol. The van der Waals surface area contributed by atoms with Crippen molar-refractivity contribution in [1.82, 2.24) is 10.2 Å². The van der Waals surface area contributed by atoms with Crippen LogP contribution in [0.5, 0.6) is 0 Å². The second-order valence-corrected chi connectivity index (χ2v) is 7.07. The Hall–Kier alpha value is -0.330. The molecule has 124 valence electrons. The quantitative estimate of drug-likeness (QED) is 0.791. The fourth-order valence-corrected chi connectivity index (χ4v) is 3.34. The summed E-state index contributed by atoms with van der Waals surface area (Å²) in [5.41, 5.74) is -0.397. The van der Waals surface area contributed by atoms with Crippen molar-refractivity contribution >= 4 is 0 Å². The Labute approximate surface area is 124 Å². The second kappa shape index (κ2) is 6.42. The largest absolute Gasteiger partial charge is 0.394 e. The fraction of sp³-hybridized carbons (Fsp3) is 1.00. The number of likely N-dealkylation sites (tertiary alicyclic amines) is 1. The van der Waals surface area contributed by atoms with Crippen LogP contribution in [-0.4, -0.2) is 53.5 Å². The minimum Gasteiger partial charge on any atom is -0.394 e. The van der Waals surface area contributed by atoms with Gasteiger partial charge in [-0.05, 0) is 52.5 Å². The number of aliphatic hydroxyl groups excluding tert-OH is 1. The lowest BCUT2D eigenvalue weighted by Gasteiger charge is -2.41. The van der Waals surface area contributed by atoms with Crippen molar-refractivity contribution in [2.75, 3.05) is 19.7 Å². The van der Waals surface area contributed by atoms with Crippen LogP contribution in [0, 0.1) is 5.92 Å². The number of hydrogen-bond donors (Lipinski definition) is 2. The molecule has 0 bridgehead atoms. The van der Waals surface area contributed by atoms with Crippen LogP contribution in [0.4, 0.5) is 13.2 Å². The summed E-state index contributed by atoms with van der Waals surface area (Å²) in [5, 5.41) is 13.1. The number of alkyl halides is 3. The van der Waals surface area contributed by atoms with Gasteiger partial charge in [0.1, 0.15) is 0 Å². The lowest BCUT2D eigenvalue weighted by molar-refractivity contribution is -0.188. The summed E-state index contributed by atoms with van der Waals surface area (Å²) >= 11 is 0. The van der Waals surface area contributed by atoms with Crippen LogP contribution < -0.4 is 5.32 Å². The Kier molecular flexibility index (Phi) is 5.21. The number of aliphatic hydroxyl groups is 1. The Balaban J connectivity index is 1.90. The highest BCUT2D eigenvalue weighted by atomic mass is 19.4. The van der Waals surface area contributed by atoms with Crippen LogP contribution in [0.1, 0.15) is 46.0 Å². The molecule has 1 aliphatic carbocycles. The molecule has 21 heavy (non-hydrogen) atoms. The first-order valence-corrected chi connectivity index (χ1v) is 7.93. The number of nitrogens with zero attached hydrogens (tertiary/aromatic N) is 1. The molecule has 1 saturated heterocycles. The van der Waals surface area contributed by atoms with Crippen molar-refractivity contribution in [3.63, 3.8) is 0 Å². The van der Waals surface area contributed by atoms with E-state index in [2.05, 4.69) is 5.32 Å². The summed E-state index contributed by atoms with van der Waals surface area (Å²) in [6.45, 7) is 4.77. The van der Waals surface area contributed by atoms with Gasteiger partial charge in [-0.2, -0.15) is 13.2 Å². The Morgan fingerprint density at radius 3 is 2.48 bits per heavy atom. The molecule has 0 aromatic carbocycles. The molecule has 1 aliphatic heterocycles. The molecule has 2 N–H and O–H groups in total. The molecule has 0 aromatic rings. The van der Waals surface area contributed by atoms with Crippen molar-refractivity contribution in [2.45, 2.75) is 69.8 Å². The number of hydrogen-bond acceptors (Lipinski definition) is 3. The Bertz CT molecular complexity index is 346. The van der Waals surface area contributed by atoms with Gasteiger partial charge in [-0.3, -0.25) is 4.90 Å². The maximum Gasteiger partial charge on any atom is 0.393 e. The topological polar surface area (TPSA) is 35.5 Å². The molecule has 0 radical (unpaired) electrons. The van der Waals surface area contributed by atoms with Gasteiger partial charge in [-0.15, -0.1) is 0 Å². The number of rotatable bonds is 6. The molecule has 0 amide bonds. The van der Waals surface area contributed by atoms with E-state index in [1.807, 2.05) is 18.7 Å². The fourth-order valence-electron chi connectivity index (χ4n) is 3.34.